The molecule has 0 aliphatic rings. The van der Waals surface area contributed by atoms with Crippen molar-refractivity contribution in [1.29, 1.82) is 0 Å². The summed E-state index contributed by atoms with van der Waals surface area (Å²) in [6.45, 7) is -0.336. The molecule has 96 valence electrons. The molecular formula is C10H7Cl2NO4S. The van der Waals surface area contributed by atoms with Crippen LogP contribution in [0.4, 0.5) is 4.79 Å². The van der Waals surface area contributed by atoms with E-state index >= 15 is 0 Å². The summed E-state index contributed by atoms with van der Waals surface area (Å²) in [4.78, 5) is 10.8. The van der Waals surface area contributed by atoms with E-state index in [2.05, 4.69) is 4.74 Å². The first-order valence-electron chi connectivity index (χ1n) is 4.44. The van der Waals surface area contributed by atoms with Crippen LogP contribution in [0.1, 0.15) is 0 Å². The van der Waals surface area contributed by atoms with Gasteiger partial charge in [0.05, 0.1) is 4.90 Å². The van der Waals surface area contributed by atoms with Crippen LogP contribution in [0.3, 0.4) is 0 Å². The molecule has 5 nitrogen and oxygen atoms in total. The number of sulfonamides is 1. The normalized spacial score (nSPS) is 10.5. The van der Waals surface area contributed by atoms with Crippen LogP contribution in [0, 0.1) is 12.3 Å². The Morgan fingerprint density at radius 2 is 1.89 bits per heavy atom. The Labute approximate surface area is 114 Å². The summed E-state index contributed by atoms with van der Waals surface area (Å²) in [7, 11) is -4.10. The summed E-state index contributed by atoms with van der Waals surface area (Å²) in [6.07, 6.45) is 3.68. The fraction of sp³-hybridized carbons (Fsp3) is 0.100. The van der Waals surface area contributed by atoms with Gasteiger partial charge in [0.1, 0.15) is 0 Å². The Morgan fingerprint density at radius 1 is 1.33 bits per heavy atom. The van der Waals surface area contributed by atoms with E-state index in [4.69, 9.17) is 29.6 Å². The quantitative estimate of drug-likeness (QED) is 0.867. The lowest BCUT2D eigenvalue weighted by molar-refractivity contribution is 0.166. The average Bonchev–Trinajstić information content (AvgIpc) is 2.24. The fourth-order valence-corrected chi connectivity index (χ4v) is 2.60. The molecule has 0 saturated heterocycles. The zero-order valence-electron chi connectivity index (χ0n) is 8.81. The summed E-state index contributed by atoms with van der Waals surface area (Å²) in [5.41, 5.74) is 0. The molecule has 0 aromatic heterocycles. The second-order valence-electron chi connectivity index (χ2n) is 2.99. The predicted octanol–water partition coefficient (Wildman–Crippen LogP) is 2.04. The maximum Gasteiger partial charge on any atom is 0.422 e. The van der Waals surface area contributed by atoms with E-state index in [-0.39, 0.29) is 21.5 Å². The summed E-state index contributed by atoms with van der Waals surface area (Å²) in [5.74, 6) is 2.02. The third-order valence-corrected chi connectivity index (χ3v) is 3.38. The van der Waals surface area contributed by atoms with Gasteiger partial charge in [0.2, 0.25) is 0 Å². The monoisotopic (exact) mass is 307 g/mol. The van der Waals surface area contributed by atoms with E-state index in [0.29, 0.717) is 0 Å². The zero-order chi connectivity index (χ0) is 13.8. The molecule has 18 heavy (non-hydrogen) atoms. The third kappa shape index (κ3) is 4.11. The zero-order valence-corrected chi connectivity index (χ0v) is 11.1. The van der Waals surface area contributed by atoms with Crippen molar-refractivity contribution in [2.45, 2.75) is 4.90 Å². The lowest BCUT2D eigenvalue weighted by atomic mass is 10.4. The van der Waals surface area contributed by atoms with Crippen molar-refractivity contribution >= 4 is 39.3 Å². The molecule has 0 spiro atoms. The van der Waals surface area contributed by atoms with E-state index in [9.17, 15) is 13.2 Å². The minimum absolute atomic E-state index is 0.125. The maximum absolute atomic E-state index is 11.7. The third-order valence-electron chi connectivity index (χ3n) is 1.65. The van der Waals surface area contributed by atoms with E-state index in [1.165, 1.54) is 6.07 Å². The molecule has 0 radical (unpaired) electrons. The molecule has 0 fully saturated rings. The first-order valence-corrected chi connectivity index (χ1v) is 6.68. The smallest absolute Gasteiger partial charge is 0.422 e. The number of hydrogen-bond donors (Lipinski definition) is 1. The van der Waals surface area contributed by atoms with Gasteiger partial charge in [-0.25, -0.2) is 17.9 Å². The first-order chi connectivity index (χ1) is 8.35. The molecular weight excluding hydrogens is 301 g/mol. The van der Waals surface area contributed by atoms with Crippen molar-refractivity contribution in [2.75, 3.05) is 6.61 Å². The molecule has 8 heteroatoms. The van der Waals surface area contributed by atoms with Crippen LogP contribution in [-0.4, -0.2) is 21.1 Å². The highest BCUT2D eigenvalue weighted by atomic mass is 35.5. The molecule has 0 unspecified atom stereocenters. The predicted molar refractivity (Wildman–Crippen MR) is 67.0 cm³/mol. The van der Waals surface area contributed by atoms with E-state index in [1.54, 1.807) is 4.72 Å². The van der Waals surface area contributed by atoms with Gasteiger partial charge in [0, 0.05) is 10.0 Å². The Balaban J connectivity index is 2.93. The SMILES string of the molecule is C#CCOC(=O)NS(=O)(=O)c1cc(Cl)cc(Cl)c1. The topological polar surface area (TPSA) is 72.5 Å². The van der Waals surface area contributed by atoms with Crippen molar-refractivity contribution in [3.8, 4) is 12.3 Å². The number of benzene rings is 1. The molecule has 1 aromatic carbocycles. The van der Waals surface area contributed by atoms with Crippen molar-refractivity contribution in [2.24, 2.45) is 0 Å². The largest absolute Gasteiger partial charge is 0.436 e. The molecule has 1 amide bonds. The second kappa shape index (κ2) is 5.96. The summed E-state index contributed by atoms with van der Waals surface area (Å²) in [6, 6.07) is 3.65. The standard InChI is InChI=1S/C10H7Cl2NO4S/c1-2-3-17-10(14)13-18(15,16)9-5-7(11)4-8(12)6-9/h1,4-6H,3H2,(H,13,14). The second-order valence-corrected chi connectivity index (χ2v) is 5.55. The number of amides is 1. The number of ether oxygens (including phenoxy) is 1. The number of carbonyl (C=O) groups excluding carboxylic acids is 1. The van der Waals surface area contributed by atoms with Crippen LogP contribution >= 0.6 is 23.2 Å². The molecule has 0 aliphatic carbocycles. The molecule has 0 saturated carbocycles. The summed E-state index contributed by atoms with van der Waals surface area (Å²) < 4.78 is 29.5. The van der Waals surface area contributed by atoms with Crippen LogP contribution in [0.5, 0.6) is 0 Å². The maximum atomic E-state index is 11.7. The lowest BCUT2D eigenvalue weighted by Gasteiger charge is -2.07. The van der Waals surface area contributed by atoms with E-state index in [1.807, 2.05) is 5.92 Å². The minimum atomic E-state index is -4.10. The Kier molecular flexibility index (Phi) is 4.84. The Bertz CT molecular complexity index is 587. The number of rotatable bonds is 3. The van der Waals surface area contributed by atoms with Gasteiger partial charge >= 0.3 is 6.09 Å². The summed E-state index contributed by atoms with van der Waals surface area (Å²) >= 11 is 11.3. The van der Waals surface area contributed by atoms with Crippen LogP contribution < -0.4 is 4.72 Å². The average molecular weight is 308 g/mol. The van der Waals surface area contributed by atoms with Gasteiger partial charge < -0.3 is 4.74 Å². The number of hydrogen-bond acceptors (Lipinski definition) is 4. The highest BCUT2D eigenvalue weighted by Gasteiger charge is 2.19. The van der Waals surface area contributed by atoms with Crippen LogP contribution in [0.15, 0.2) is 23.1 Å². The van der Waals surface area contributed by atoms with Gasteiger partial charge in [-0.15, -0.1) is 6.42 Å². The van der Waals surface area contributed by atoms with E-state index in [0.717, 1.165) is 12.1 Å². The van der Waals surface area contributed by atoms with Gasteiger partial charge in [-0.05, 0) is 18.2 Å². The Morgan fingerprint density at radius 3 is 2.39 bits per heavy atom. The number of nitrogens with one attached hydrogen (secondary N) is 1. The van der Waals surface area contributed by atoms with Crippen molar-refractivity contribution in [1.82, 2.24) is 4.72 Å². The lowest BCUT2D eigenvalue weighted by Crippen LogP contribution is -2.31. The van der Waals surface area contributed by atoms with Crippen LogP contribution in [0.25, 0.3) is 0 Å². The Hall–Kier alpha value is -1.42. The number of halogens is 2. The minimum Gasteiger partial charge on any atom is -0.436 e. The molecule has 0 atom stereocenters. The summed E-state index contributed by atoms with van der Waals surface area (Å²) in [5, 5.41) is 0.250. The van der Waals surface area contributed by atoms with Crippen LogP contribution in [-0.2, 0) is 14.8 Å². The molecule has 1 rings (SSSR count). The van der Waals surface area contributed by atoms with Gasteiger partial charge in [0.25, 0.3) is 10.0 Å². The fourth-order valence-electron chi connectivity index (χ4n) is 0.989. The molecule has 0 heterocycles. The highest BCUT2D eigenvalue weighted by molar-refractivity contribution is 7.90. The van der Waals surface area contributed by atoms with Gasteiger partial charge in [-0.3, -0.25) is 0 Å². The molecule has 0 bridgehead atoms. The van der Waals surface area contributed by atoms with Gasteiger partial charge in [-0.2, -0.15) is 0 Å². The van der Waals surface area contributed by atoms with Crippen molar-refractivity contribution in [3.05, 3.63) is 28.2 Å². The molecule has 1 aromatic rings. The van der Waals surface area contributed by atoms with Crippen molar-refractivity contribution in [3.63, 3.8) is 0 Å². The van der Waals surface area contributed by atoms with Crippen molar-refractivity contribution < 1.29 is 17.9 Å². The van der Waals surface area contributed by atoms with Crippen LogP contribution in [0.2, 0.25) is 10.0 Å². The molecule has 0 aliphatic heterocycles. The van der Waals surface area contributed by atoms with E-state index < -0.39 is 16.1 Å². The molecule has 1 N–H and O–H groups in total. The number of carbonyl (C=O) groups is 1. The highest BCUT2D eigenvalue weighted by Crippen LogP contribution is 2.22. The first kappa shape index (κ1) is 14.6. The van der Waals surface area contributed by atoms with Gasteiger partial charge in [-0.1, -0.05) is 29.1 Å². The van der Waals surface area contributed by atoms with Gasteiger partial charge in [0.15, 0.2) is 6.61 Å². The number of terminal acetylenes is 1.